The lowest BCUT2D eigenvalue weighted by Crippen LogP contribution is -2.51. The lowest BCUT2D eigenvalue weighted by atomic mass is 9.85. The number of benzene rings is 1. The Hall–Kier alpha value is -0.580. The average molecular weight is 351 g/mol. The fourth-order valence-corrected chi connectivity index (χ4v) is 4.72. The van der Waals surface area contributed by atoms with Crippen LogP contribution in [0.5, 0.6) is 5.75 Å². The highest BCUT2D eigenvalue weighted by Crippen LogP contribution is 2.35. The highest BCUT2D eigenvalue weighted by Gasteiger charge is 2.31. The molecule has 2 atom stereocenters. The number of hydrogen-bond acceptors (Lipinski definition) is 3. The van der Waals surface area contributed by atoms with Gasteiger partial charge in [0.05, 0.1) is 6.61 Å². The first kappa shape index (κ1) is 14.0. The second-order valence-corrected chi connectivity index (χ2v) is 7.55. The second-order valence-electron chi connectivity index (χ2n) is 6.64. The molecule has 1 aromatic carbocycles. The average Bonchev–Trinajstić information content (AvgIpc) is 2.95. The summed E-state index contributed by atoms with van der Waals surface area (Å²) in [5, 5.41) is 3.70. The summed E-state index contributed by atoms with van der Waals surface area (Å²) in [5.74, 6) is 2.00. The van der Waals surface area contributed by atoms with Gasteiger partial charge in [0, 0.05) is 35.6 Å². The molecule has 1 aromatic rings. The second kappa shape index (κ2) is 5.90. The maximum absolute atomic E-state index is 5.87. The van der Waals surface area contributed by atoms with E-state index in [1.54, 1.807) is 0 Å². The maximum Gasteiger partial charge on any atom is 0.127 e. The summed E-state index contributed by atoms with van der Waals surface area (Å²) in [6.45, 7) is 5.53. The molecule has 0 radical (unpaired) electrons. The largest absolute Gasteiger partial charge is 0.493 e. The van der Waals surface area contributed by atoms with Gasteiger partial charge in [-0.3, -0.25) is 4.90 Å². The normalized spacial score (nSPS) is 28.8. The number of halogens is 1. The summed E-state index contributed by atoms with van der Waals surface area (Å²) >= 11 is 3.65. The van der Waals surface area contributed by atoms with E-state index in [1.165, 1.54) is 54.5 Å². The monoisotopic (exact) mass is 350 g/mol. The molecule has 3 aliphatic rings. The standard InChI is InChI=1S/C17H23BrN2O/c18-15-8-12-4-7-21-17(12)14(9-15)11-20-6-3-16-13(10-20)2-1-5-19-16/h8-9,13,16,19H,1-7,10-11H2. The molecule has 0 aliphatic carbocycles. The van der Waals surface area contributed by atoms with Gasteiger partial charge in [-0.05, 0) is 56.0 Å². The Bertz CT molecular complexity index is 534. The summed E-state index contributed by atoms with van der Waals surface area (Å²) in [7, 11) is 0. The van der Waals surface area contributed by atoms with E-state index < -0.39 is 0 Å². The molecule has 0 saturated carbocycles. The molecular weight excluding hydrogens is 328 g/mol. The lowest BCUT2D eigenvalue weighted by Gasteiger charge is -2.42. The summed E-state index contributed by atoms with van der Waals surface area (Å²) < 4.78 is 7.06. The van der Waals surface area contributed by atoms with Crippen molar-refractivity contribution in [2.24, 2.45) is 5.92 Å². The smallest absolute Gasteiger partial charge is 0.127 e. The third kappa shape index (κ3) is 2.86. The maximum atomic E-state index is 5.87. The van der Waals surface area contributed by atoms with Gasteiger partial charge in [0.15, 0.2) is 0 Å². The van der Waals surface area contributed by atoms with Crippen LogP contribution in [0, 0.1) is 5.92 Å². The van der Waals surface area contributed by atoms with Gasteiger partial charge in [0.2, 0.25) is 0 Å². The molecule has 3 heterocycles. The first-order valence-corrected chi connectivity index (χ1v) is 8.99. The highest BCUT2D eigenvalue weighted by atomic mass is 79.9. The van der Waals surface area contributed by atoms with E-state index in [-0.39, 0.29) is 0 Å². The van der Waals surface area contributed by atoms with Crippen molar-refractivity contribution >= 4 is 15.9 Å². The van der Waals surface area contributed by atoms with Crippen LogP contribution in [0.1, 0.15) is 30.4 Å². The van der Waals surface area contributed by atoms with Gasteiger partial charge in [0.25, 0.3) is 0 Å². The summed E-state index contributed by atoms with van der Waals surface area (Å²) in [6.07, 6.45) is 5.07. The molecular formula is C17H23BrN2O. The zero-order valence-electron chi connectivity index (χ0n) is 12.4. The number of nitrogens with one attached hydrogen (secondary N) is 1. The Balaban J connectivity index is 1.49. The quantitative estimate of drug-likeness (QED) is 0.887. The fraction of sp³-hybridized carbons (Fsp3) is 0.647. The molecule has 21 heavy (non-hydrogen) atoms. The van der Waals surface area contributed by atoms with Crippen LogP contribution in [-0.4, -0.2) is 37.2 Å². The molecule has 4 heteroatoms. The van der Waals surface area contributed by atoms with Crippen LogP contribution in [0.2, 0.25) is 0 Å². The van der Waals surface area contributed by atoms with Gasteiger partial charge in [-0.25, -0.2) is 0 Å². The molecule has 3 aliphatic heterocycles. The van der Waals surface area contributed by atoms with Gasteiger partial charge in [-0.15, -0.1) is 0 Å². The number of fused-ring (bicyclic) bond motifs is 2. The molecule has 0 bridgehead atoms. The Labute approximate surface area is 135 Å². The molecule has 0 aromatic heterocycles. The van der Waals surface area contributed by atoms with Crippen molar-refractivity contribution in [3.63, 3.8) is 0 Å². The van der Waals surface area contributed by atoms with Crippen molar-refractivity contribution in [3.05, 3.63) is 27.7 Å². The third-order valence-corrected chi connectivity index (χ3v) is 5.65. The Morgan fingerprint density at radius 1 is 1.33 bits per heavy atom. The van der Waals surface area contributed by atoms with Crippen LogP contribution >= 0.6 is 15.9 Å². The number of hydrogen-bond donors (Lipinski definition) is 1. The molecule has 2 fully saturated rings. The molecule has 0 amide bonds. The van der Waals surface area contributed by atoms with Crippen LogP contribution < -0.4 is 10.1 Å². The van der Waals surface area contributed by atoms with Gasteiger partial charge in [0.1, 0.15) is 5.75 Å². The molecule has 2 saturated heterocycles. The summed E-state index contributed by atoms with van der Waals surface area (Å²) in [5.41, 5.74) is 2.73. The van der Waals surface area contributed by atoms with E-state index in [2.05, 4.69) is 38.3 Å². The van der Waals surface area contributed by atoms with E-state index in [9.17, 15) is 0 Å². The van der Waals surface area contributed by atoms with Crippen molar-refractivity contribution in [3.8, 4) is 5.75 Å². The molecule has 114 valence electrons. The van der Waals surface area contributed by atoms with Gasteiger partial charge < -0.3 is 10.1 Å². The minimum atomic E-state index is 0.763. The van der Waals surface area contributed by atoms with Crippen LogP contribution in [0.15, 0.2) is 16.6 Å². The zero-order valence-corrected chi connectivity index (χ0v) is 14.0. The van der Waals surface area contributed by atoms with E-state index in [0.29, 0.717) is 0 Å². The lowest BCUT2D eigenvalue weighted by molar-refractivity contribution is 0.108. The first-order chi connectivity index (χ1) is 10.3. The van der Waals surface area contributed by atoms with Crippen molar-refractivity contribution in [2.45, 2.75) is 38.3 Å². The molecule has 0 spiro atoms. The summed E-state index contributed by atoms with van der Waals surface area (Å²) in [6, 6.07) is 5.22. The minimum Gasteiger partial charge on any atom is -0.493 e. The van der Waals surface area contributed by atoms with Crippen LogP contribution in [-0.2, 0) is 13.0 Å². The van der Waals surface area contributed by atoms with Crippen molar-refractivity contribution in [1.82, 2.24) is 10.2 Å². The number of likely N-dealkylation sites (tertiary alicyclic amines) is 1. The third-order valence-electron chi connectivity index (χ3n) is 5.20. The highest BCUT2D eigenvalue weighted by molar-refractivity contribution is 9.10. The fourth-order valence-electron chi connectivity index (χ4n) is 4.17. The summed E-state index contributed by atoms with van der Waals surface area (Å²) in [4.78, 5) is 2.62. The van der Waals surface area contributed by atoms with Crippen LogP contribution in [0.3, 0.4) is 0 Å². The van der Waals surface area contributed by atoms with Gasteiger partial charge >= 0.3 is 0 Å². The number of ether oxygens (including phenoxy) is 1. The number of nitrogens with zero attached hydrogens (tertiary/aromatic N) is 1. The SMILES string of the molecule is Brc1cc2c(c(CN3CCC4NCCCC4C3)c1)OCC2. The van der Waals surface area contributed by atoms with Crippen molar-refractivity contribution in [1.29, 1.82) is 0 Å². The number of rotatable bonds is 2. The van der Waals surface area contributed by atoms with E-state index in [1.807, 2.05) is 0 Å². The predicted octanol–water partition coefficient (Wildman–Crippen LogP) is 2.96. The molecule has 1 N–H and O–H groups in total. The Kier molecular flexibility index (Phi) is 3.94. The Morgan fingerprint density at radius 3 is 3.24 bits per heavy atom. The molecule has 2 unspecified atom stereocenters. The molecule has 4 rings (SSSR count). The van der Waals surface area contributed by atoms with E-state index in [4.69, 9.17) is 4.74 Å². The minimum absolute atomic E-state index is 0.763. The Morgan fingerprint density at radius 2 is 2.29 bits per heavy atom. The number of piperidine rings is 2. The zero-order chi connectivity index (χ0) is 14.2. The van der Waals surface area contributed by atoms with Gasteiger partial charge in [-0.1, -0.05) is 15.9 Å². The van der Waals surface area contributed by atoms with Crippen LogP contribution in [0.25, 0.3) is 0 Å². The van der Waals surface area contributed by atoms with Crippen LogP contribution in [0.4, 0.5) is 0 Å². The van der Waals surface area contributed by atoms with E-state index in [0.717, 1.165) is 37.3 Å². The first-order valence-electron chi connectivity index (χ1n) is 8.19. The van der Waals surface area contributed by atoms with Crippen molar-refractivity contribution in [2.75, 3.05) is 26.2 Å². The molecule has 3 nitrogen and oxygen atoms in total. The van der Waals surface area contributed by atoms with Crippen molar-refractivity contribution < 1.29 is 4.74 Å². The topological polar surface area (TPSA) is 24.5 Å². The van der Waals surface area contributed by atoms with E-state index >= 15 is 0 Å². The van der Waals surface area contributed by atoms with Gasteiger partial charge in [-0.2, -0.15) is 0 Å². The predicted molar refractivity (Wildman–Crippen MR) is 87.7 cm³/mol.